The topological polar surface area (TPSA) is 50.1 Å². The molecule has 0 bridgehead atoms. The summed E-state index contributed by atoms with van der Waals surface area (Å²) in [5.41, 5.74) is 0.152. The van der Waals surface area contributed by atoms with Crippen molar-refractivity contribution in [2.75, 3.05) is 7.11 Å². The van der Waals surface area contributed by atoms with Gasteiger partial charge in [-0.1, -0.05) is 25.3 Å². The lowest BCUT2D eigenvalue weighted by molar-refractivity contribution is -0.135. The van der Waals surface area contributed by atoms with Crippen molar-refractivity contribution in [2.24, 2.45) is 5.92 Å². The number of hydrogen-bond donors (Lipinski definition) is 0. The van der Waals surface area contributed by atoms with Crippen LogP contribution in [0.3, 0.4) is 0 Å². The molecule has 76 valence electrons. The molecule has 0 aromatic carbocycles. The van der Waals surface area contributed by atoms with Crippen LogP contribution in [0.5, 0.6) is 0 Å². The van der Waals surface area contributed by atoms with Crippen LogP contribution in [-0.4, -0.2) is 13.1 Å². The number of nitriles is 1. The zero-order chi connectivity index (χ0) is 10.4. The van der Waals surface area contributed by atoms with Gasteiger partial charge < -0.3 is 4.74 Å². The monoisotopic (exact) mass is 193 g/mol. The van der Waals surface area contributed by atoms with Crippen LogP contribution in [0, 0.1) is 17.2 Å². The van der Waals surface area contributed by atoms with E-state index in [1.165, 1.54) is 26.4 Å². The molecule has 1 saturated carbocycles. The molecule has 1 fully saturated rings. The molecule has 0 heterocycles. The molecular weight excluding hydrogens is 178 g/mol. The fraction of sp³-hybridized carbons (Fsp3) is 0.636. The summed E-state index contributed by atoms with van der Waals surface area (Å²) in [6.07, 6.45) is 7.60. The van der Waals surface area contributed by atoms with Crippen LogP contribution in [0.2, 0.25) is 0 Å². The SMILES string of the molecule is COC(=O)/C(C#N)=C/C1CCCCC1. The van der Waals surface area contributed by atoms with Crippen molar-refractivity contribution >= 4 is 5.97 Å². The molecule has 1 aliphatic carbocycles. The maximum Gasteiger partial charge on any atom is 0.348 e. The highest BCUT2D eigenvalue weighted by molar-refractivity contribution is 5.92. The number of carbonyl (C=O) groups excluding carboxylic acids is 1. The van der Waals surface area contributed by atoms with Gasteiger partial charge >= 0.3 is 5.97 Å². The predicted octanol–water partition coefficient (Wildman–Crippen LogP) is 2.19. The average molecular weight is 193 g/mol. The predicted molar refractivity (Wildman–Crippen MR) is 52.3 cm³/mol. The van der Waals surface area contributed by atoms with Gasteiger partial charge in [-0.05, 0) is 18.8 Å². The molecule has 0 atom stereocenters. The van der Waals surface area contributed by atoms with E-state index < -0.39 is 5.97 Å². The highest BCUT2D eigenvalue weighted by atomic mass is 16.5. The summed E-state index contributed by atoms with van der Waals surface area (Å²) in [5.74, 6) is -0.129. The van der Waals surface area contributed by atoms with Gasteiger partial charge in [0.25, 0.3) is 0 Å². The lowest BCUT2D eigenvalue weighted by Gasteiger charge is -2.17. The molecule has 0 aliphatic heterocycles. The summed E-state index contributed by atoms with van der Waals surface area (Å²) in [4.78, 5) is 11.1. The van der Waals surface area contributed by atoms with Crippen molar-refractivity contribution in [3.05, 3.63) is 11.6 Å². The number of ether oxygens (including phenoxy) is 1. The van der Waals surface area contributed by atoms with E-state index in [0.717, 1.165) is 12.8 Å². The Morgan fingerprint density at radius 2 is 2.07 bits per heavy atom. The molecule has 3 nitrogen and oxygen atoms in total. The molecule has 0 saturated heterocycles. The van der Waals surface area contributed by atoms with E-state index >= 15 is 0 Å². The molecule has 0 unspecified atom stereocenters. The fourth-order valence-electron chi connectivity index (χ4n) is 1.80. The summed E-state index contributed by atoms with van der Waals surface area (Å²) in [6, 6.07) is 1.89. The maximum atomic E-state index is 11.1. The van der Waals surface area contributed by atoms with E-state index in [-0.39, 0.29) is 5.57 Å². The van der Waals surface area contributed by atoms with E-state index in [4.69, 9.17) is 5.26 Å². The molecule has 3 heteroatoms. The van der Waals surface area contributed by atoms with Crippen LogP contribution in [0.25, 0.3) is 0 Å². The third-order valence-corrected chi connectivity index (χ3v) is 2.58. The van der Waals surface area contributed by atoms with Crippen molar-refractivity contribution in [3.8, 4) is 6.07 Å². The van der Waals surface area contributed by atoms with Crippen molar-refractivity contribution in [3.63, 3.8) is 0 Å². The molecule has 1 rings (SSSR count). The minimum atomic E-state index is -0.516. The van der Waals surface area contributed by atoms with Gasteiger partial charge in [-0.25, -0.2) is 4.79 Å². The molecule has 0 amide bonds. The van der Waals surface area contributed by atoms with Gasteiger partial charge in [0, 0.05) is 0 Å². The first kappa shape index (κ1) is 10.8. The lowest BCUT2D eigenvalue weighted by atomic mass is 9.88. The Morgan fingerprint density at radius 1 is 1.43 bits per heavy atom. The van der Waals surface area contributed by atoms with Crippen molar-refractivity contribution < 1.29 is 9.53 Å². The second-order valence-electron chi connectivity index (χ2n) is 3.58. The number of methoxy groups -OCH3 is 1. The number of hydrogen-bond acceptors (Lipinski definition) is 3. The zero-order valence-electron chi connectivity index (χ0n) is 8.45. The third-order valence-electron chi connectivity index (χ3n) is 2.58. The number of esters is 1. The summed E-state index contributed by atoms with van der Waals surface area (Å²) < 4.78 is 4.52. The molecule has 0 radical (unpaired) electrons. The Hall–Kier alpha value is -1.30. The fourth-order valence-corrected chi connectivity index (χ4v) is 1.80. The van der Waals surface area contributed by atoms with E-state index in [1.54, 1.807) is 6.08 Å². The van der Waals surface area contributed by atoms with Gasteiger partial charge in [0.15, 0.2) is 0 Å². The van der Waals surface area contributed by atoms with Gasteiger partial charge in [-0.3, -0.25) is 0 Å². The lowest BCUT2D eigenvalue weighted by Crippen LogP contribution is -2.08. The van der Waals surface area contributed by atoms with Crippen molar-refractivity contribution in [1.29, 1.82) is 5.26 Å². The molecule has 14 heavy (non-hydrogen) atoms. The van der Waals surface area contributed by atoms with Crippen LogP contribution in [0.15, 0.2) is 11.6 Å². The van der Waals surface area contributed by atoms with Crippen LogP contribution in [-0.2, 0) is 9.53 Å². The standard InChI is InChI=1S/C11H15NO2/c1-14-11(13)10(8-12)7-9-5-3-2-4-6-9/h7,9H,2-6H2,1H3/b10-7+. The van der Waals surface area contributed by atoms with Crippen LogP contribution < -0.4 is 0 Å². The summed E-state index contributed by atoms with van der Waals surface area (Å²) >= 11 is 0. The maximum absolute atomic E-state index is 11.1. The van der Waals surface area contributed by atoms with Crippen LogP contribution in [0.1, 0.15) is 32.1 Å². The first-order valence-electron chi connectivity index (χ1n) is 4.98. The number of nitrogens with zero attached hydrogens (tertiary/aromatic N) is 1. The Bertz CT molecular complexity index is 270. The van der Waals surface area contributed by atoms with Crippen LogP contribution in [0.4, 0.5) is 0 Å². The highest BCUT2D eigenvalue weighted by Gasteiger charge is 2.15. The summed E-state index contributed by atoms with van der Waals surface area (Å²) in [6.45, 7) is 0. The van der Waals surface area contributed by atoms with Crippen molar-refractivity contribution in [2.45, 2.75) is 32.1 Å². The van der Waals surface area contributed by atoms with Gasteiger partial charge in [0.1, 0.15) is 11.6 Å². The van der Waals surface area contributed by atoms with Gasteiger partial charge in [0.2, 0.25) is 0 Å². The normalized spacial score (nSPS) is 18.7. The minimum absolute atomic E-state index is 0.152. The molecule has 0 aromatic heterocycles. The smallest absolute Gasteiger partial charge is 0.348 e. The highest BCUT2D eigenvalue weighted by Crippen LogP contribution is 2.25. The zero-order valence-corrected chi connectivity index (χ0v) is 8.45. The summed E-state index contributed by atoms with van der Waals surface area (Å²) in [7, 11) is 1.30. The Morgan fingerprint density at radius 3 is 2.57 bits per heavy atom. The molecular formula is C11H15NO2. The number of allylic oxidation sites excluding steroid dienone is 1. The van der Waals surface area contributed by atoms with E-state index in [0.29, 0.717) is 5.92 Å². The quantitative estimate of drug-likeness (QED) is 0.383. The Labute approximate surface area is 84.4 Å². The minimum Gasteiger partial charge on any atom is -0.465 e. The number of carbonyl (C=O) groups is 1. The van der Waals surface area contributed by atoms with Crippen molar-refractivity contribution in [1.82, 2.24) is 0 Å². The largest absolute Gasteiger partial charge is 0.465 e. The second-order valence-corrected chi connectivity index (χ2v) is 3.58. The molecule has 0 N–H and O–H groups in total. The van der Waals surface area contributed by atoms with Gasteiger partial charge in [-0.15, -0.1) is 0 Å². The Balaban J connectivity index is 2.63. The van der Waals surface area contributed by atoms with E-state index in [1.807, 2.05) is 6.07 Å². The molecule has 1 aliphatic rings. The number of rotatable bonds is 2. The van der Waals surface area contributed by atoms with E-state index in [9.17, 15) is 4.79 Å². The van der Waals surface area contributed by atoms with Gasteiger partial charge in [-0.2, -0.15) is 5.26 Å². The molecule has 0 spiro atoms. The molecule has 0 aromatic rings. The Kier molecular flexibility index (Phi) is 4.18. The third kappa shape index (κ3) is 2.88. The first-order valence-corrected chi connectivity index (χ1v) is 4.98. The summed E-state index contributed by atoms with van der Waals surface area (Å²) in [5, 5.41) is 8.74. The van der Waals surface area contributed by atoms with Gasteiger partial charge in [0.05, 0.1) is 7.11 Å². The van der Waals surface area contributed by atoms with E-state index in [2.05, 4.69) is 4.74 Å². The second kappa shape index (κ2) is 5.43. The first-order chi connectivity index (χ1) is 6.77. The van der Waals surface area contributed by atoms with Crippen LogP contribution >= 0.6 is 0 Å². The average Bonchev–Trinajstić information content (AvgIpc) is 2.26.